The van der Waals surface area contributed by atoms with Crippen molar-refractivity contribution in [3.05, 3.63) is 39.8 Å². The molecule has 0 unspecified atom stereocenters. The van der Waals surface area contributed by atoms with Crippen LogP contribution in [-0.4, -0.2) is 16.0 Å². The third-order valence-corrected chi connectivity index (χ3v) is 4.24. The first-order chi connectivity index (χ1) is 10.3. The van der Waals surface area contributed by atoms with Crippen molar-refractivity contribution in [2.75, 3.05) is 5.43 Å². The van der Waals surface area contributed by atoms with Crippen LogP contribution in [0.25, 0.3) is 28.1 Å². The van der Waals surface area contributed by atoms with E-state index in [1.807, 2.05) is 30.3 Å². The smallest absolute Gasteiger partial charge is 0.274 e. The largest absolute Gasteiger partial charge is 0.277 e. The Morgan fingerprint density at radius 3 is 2.95 bits per heavy atom. The Kier molecular flexibility index (Phi) is 1.94. The van der Waals surface area contributed by atoms with Crippen LogP contribution in [0.1, 0.15) is 18.9 Å². The van der Waals surface area contributed by atoms with E-state index in [1.54, 1.807) is 10.9 Å². The lowest BCUT2D eigenvalue weighted by atomic mass is 10.1. The van der Waals surface area contributed by atoms with Crippen molar-refractivity contribution in [1.82, 2.24) is 9.78 Å². The summed E-state index contributed by atoms with van der Waals surface area (Å²) in [6.45, 7) is 0. The summed E-state index contributed by atoms with van der Waals surface area (Å²) < 4.78 is 1.66. The second-order valence-electron chi connectivity index (χ2n) is 5.62. The molecule has 0 bridgehead atoms. The standard InChI is InChI=1S/C16H12N4O/c21-16-12-4-1-9-7-8-17-18-15(9)11-5-6-13(14(11)12)19-20(16)10-2-3-10/h1,4-8,10,18H,2-3H2. The van der Waals surface area contributed by atoms with Crippen molar-refractivity contribution in [2.45, 2.75) is 18.9 Å². The van der Waals surface area contributed by atoms with Crippen molar-refractivity contribution in [1.29, 1.82) is 0 Å². The van der Waals surface area contributed by atoms with E-state index in [-0.39, 0.29) is 11.6 Å². The van der Waals surface area contributed by atoms with Crippen LogP contribution in [0.4, 0.5) is 5.69 Å². The van der Waals surface area contributed by atoms with Gasteiger partial charge in [-0.2, -0.15) is 10.2 Å². The van der Waals surface area contributed by atoms with Gasteiger partial charge in [0.25, 0.3) is 5.56 Å². The Morgan fingerprint density at radius 2 is 2.10 bits per heavy atom. The van der Waals surface area contributed by atoms with Gasteiger partial charge in [0.15, 0.2) is 0 Å². The molecule has 1 aromatic rings. The van der Waals surface area contributed by atoms with Gasteiger partial charge in [0.1, 0.15) is 0 Å². The van der Waals surface area contributed by atoms with Crippen LogP contribution in [0.3, 0.4) is 0 Å². The molecular formula is C16H12N4O. The van der Waals surface area contributed by atoms with Gasteiger partial charge in [-0.05, 0) is 37.1 Å². The lowest BCUT2D eigenvalue weighted by molar-refractivity contribution is 0.615. The van der Waals surface area contributed by atoms with Gasteiger partial charge >= 0.3 is 0 Å². The minimum Gasteiger partial charge on any atom is -0.277 e. The summed E-state index contributed by atoms with van der Waals surface area (Å²) >= 11 is 0. The molecule has 1 N–H and O–H groups in total. The van der Waals surface area contributed by atoms with Gasteiger partial charge in [-0.1, -0.05) is 6.07 Å². The molecule has 0 amide bonds. The first kappa shape index (κ1) is 11.0. The number of fused-ring (bicyclic) bond motifs is 2. The molecule has 0 aromatic carbocycles. The number of aromatic nitrogens is 2. The molecule has 1 fully saturated rings. The molecule has 0 radical (unpaired) electrons. The average Bonchev–Trinajstić information content (AvgIpc) is 3.28. The zero-order chi connectivity index (χ0) is 14.0. The van der Waals surface area contributed by atoms with E-state index >= 15 is 0 Å². The van der Waals surface area contributed by atoms with Crippen molar-refractivity contribution in [3.8, 4) is 11.1 Å². The number of hydrogen-bond acceptors (Lipinski definition) is 4. The molecule has 2 heterocycles. The lowest BCUT2D eigenvalue weighted by Crippen LogP contribution is -2.22. The number of nitrogens with one attached hydrogen (secondary N) is 1. The average molecular weight is 276 g/mol. The van der Waals surface area contributed by atoms with Gasteiger partial charge < -0.3 is 0 Å². The highest BCUT2D eigenvalue weighted by Crippen LogP contribution is 2.37. The summed E-state index contributed by atoms with van der Waals surface area (Å²) in [5.74, 6) is 0. The van der Waals surface area contributed by atoms with Gasteiger partial charge in [-0.25, -0.2) is 4.68 Å². The van der Waals surface area contributed by atoms with E-state index in [0.717, 1.165) is 45.8 Å². The van der Waals surface area contributed by atoms with Crippen LogP contribution in [0, 0.1) is 0 Å². The normalized spacial score (nSPS) is 16.8. The van der Waals surface area contributed by atoms with Gasteiger partial charge in [-0.15, -0.1) is 0 Å². The quantitative estimate of drug-likeness (QED) is 0.736. The minimum atomic E-state index is 0.00876. The minimum absolute atomic E-state index is 0.00876. The molecule has 1 aromatic heterocycles. The first-order valence-electron chi connectivity index (χ1n) is 7.10. The van der Waals surface area contributed by atoms with Gasteiger partial charge in [-0.3, -0.25) is 10.2 Å². The van der Waals surface area contributed by atoms with Crippen LogP contribution in [-0.2, 0) is 0 Å². The van der Waals surface area contributed by atoms with E-state index < -0.39 is 0 Å². The molecule has 102 valence electrons. The van der Waals surface area contributed by atoms with E-state index in [1.165, 1.54) is 0 Å². The second-order valence-corrected chi connectivity index (χ2v) is 5.62. The molecule has 0 atom stereocenters. The number of anilines is 1. The molecule has 5 heteroatoms. The Labute approximate surface area is 119 Å². The third kappa shape index (κ3) is 1.43. The fourth-order valence-corrected chi connectivity index (χ4v) is 3.05. The fourth-order valence-electron chi connectivity index (χ4n) is 3.05. The van der Waals surface area contributed by atoms with E-state index in [4.69, 9.17) is 0 Å². The van der Waals surface area contributed by atoms with Crippen LogP contribution < -0.4 is 16.2 Å². The van der Waals surface area contributed by atoms with Crippen LogP contribution in [0.15, 0.2) is 34.2 Å². The predicted molar refractivity (Wildman–Crippen MR) is 82.7 cm³/mol. The lowest BCUT2D eigenvalue weighted by Gasteiger charge is -2.09. The van der Waals surface area contributed by atoms with E-state index in [9.17, 15) is 4.79 Å². The number of rotatable bonds is 1. The summed E-state index contributed by atoms with van der Waals surface area (Å²) in [7, 11) is 0. The molecule has 4 aliphatic rings. The van der Waals surface area contributed by atoms with Crippen LogP contribution in [0.2, 0.25) is 0 Å². The monoisotopic (exact) mass is 276 g/mol. The molecule has 5 nitrogen and oxygen atoms in total. The summed E-state index contributed by atoms with van der Waals surface area (Å²) in [5.41, 5.74) is 6.80. The third-order valence-electron chi connectivity index (χ3n) is 4.24. The van der Waals surface area contributed by atoms with Crippen LogP contribution in [0.5, 0.6) is 0 Å². The van der Waals surface area contributed by atoms with Crippen molar-refractivity contribution < 1.29 is 0 Å². The highest BCUT2D eigenvalue weighted by molar-refractivity contribution is 6.03. The summed E-state index contributed by atoms with van der Waals surface area (Å²) in [5, 5.41) is 10.4. The Bertz CT molecular complexity index is 997. The predicted octanol–water partition coefficient (Wildman–Crippen LogP) is 1.75. The molecule has 5 rings (SSSR count). The zero-order valence-electron chi connectivity index (χ0n) is 11.2. The number of nitrogens with zero attached hydrogens (tertiary/aromatic N) is 3. The van der Waals surface area contributed by atoms with E-state index in [2.05, 4.69) is 15.6 Å². The highest BCUT2D eigenvalue weighted by atomic mass is 16.1. The van der Waals surface area contributed by atoms with Crippen LogP contribution >= 0.6 is 0 Å². The molecular weight excluding hydrogens is 264 g/mol. The first-order valence-corrected chi connectivity index (χ1v) is 7.10. The van der Waals surface area contributed by atoms with Gasteiger partial charge in [0.05, 0.1) is 22.6 Å². The van der Waals surface area contributed by atoms with E-state index in [0.29, 0.717) is 0 Å². The summed E-state index contributed by atoms with van der Waals surface area (Å²) in [4.78, 5) is 12.7. The Balaban J connectivity index is 1.97. The highest BCUT2D eigenvalue weighted by Gasteiger charge is 2.28. The maximum atomic E-state index is 12.7. The maximum absolute atomic E-state index is 12.7. The number of hydrogen-bond donors (Lipinski definition) is 1. The summed E-state index contributed by atoms with van der Waals surface area (Å²) in [6.07, 6.45) is 5.76. The van der Waals surface area contributed by atoms with Gasteiger partial charge in [0, 0.05) is 22.6 Å². The fraction of sp³-hybridized carbons (Fsp3) is 0.188. The van der Waals surface area contributed by atoms with Crippen molar-refractivity contribution in [2.24, 2.45) is 5.10 Å². The van der Waals surface area contributed by atoms with Crippen molar-refractivity contribution in [3.63, 3.8) is 0 Å². The molecule has 0 saturated heterocycles. The number of hydrazone groups is 1. The Morgan fingerprint density at radius 1 is 1.19 bits per heavy atom. The maximum Gasteiger partial charge on any atom is 0.274 e. The molecule has 0 spiro atoms. The molecule has 1 aliphatic heterocycles. The van der Waals surface area contributed by atoms with Crippen molar-refractivity contribution >= 4 is 28.9 Å². The molecule has 21 heavy (non-hydrogen) atoms. The molecule has 3 aliphatic carbocycles. The Hall–Kier alpha value is -2.69. The second kappa shape index (κ2) is 3.69. The van der Waals surface area contributed by atoms with Gasteiger partial charge in [0.2, 0.25) is 0 Å². The topological polar surface area (TPSA) is 59.3 Å². The zero-order valence-corrected chi connectivity index (χ0v) is 11.2. The molecule has 1 saturated carbocycles. The summed E-state index contributed by atoms with van der Waals surface area (Å²) in [6, 6.07) is 8.16. The SMILES string of the molecule is O=c1c2ccc3c(c4ccc(nn1C1CC1)c2-4)NN=CC=3.